The number of hydrogen-bond donors (Lipinski definition) is 1. The molecule has 1 N–H and O–H groups in total. The van der Waals surface area contributed by atoms with Crippen LogP contribution in [0.5, 0.6) is 0 Å². The van der Waals surface area contributed by atoms with Crippen molar-refractivity contribution in [2.24, 2.45) is 11.8 Å². The smallest absolute Gasteiger partial charge is 0.276 e. The Bertz CT molecular complexity index is 553. The molecular formula is C17H26N2O4. The number of hydrogen-bond acceptors (Lipinski definition) is 5. The van der Waals surface area contributed by atoms with E-state index in [2.05, 4.69) is 4.98 Å². The van der Waals surface area contributed by atoms with Crippen molar-refractivity contribution in [3.63, 3.8) is 0 Å². The first-order valence-electron chi connectivity index (χ1n) is 8.58. The van der Waals surface area contributed by atoms with E-state index in [9.17, 15) is 9.90 Å². The van der Waals surface area contributed by atoms with Gasteiger partial charge < -0.3 is 19.2 Å². The van der Waals surface area contributed by atoms with Crippen LogP contribution >= 0.6 is 0 Å². The van der Waals surface area contributed by atoms with Crippen molar-refractivity contribution in [3.8, 4) is 0 Å². The fourth-order valence-corrected chi connectivity index (χ4v) is 3.97. The minimum Gasteiger partial charge on any atom is -0.448 e. The zero-order chi connectivity index (χ0) is 16.4. The molecule has 2 aliphatic heterocycles. The number of aliphatic hydroxyl groups is 1. The molecule has 3 rings (SSSR count). The lowest BCUT2D eigenvalue weighted by molar-refractivity contribution is -0.125. The highest BCUT2D eigenvalue weighted by Crippen LogP contribution is 2.39. The number of aromatic nitrogens is 1. The van der Waals surface area contributed by atoms with Crippen LogP contribution in [-0.4, -0.2) is 52.8 Å². The van der Waals surface area contributed by atoms with Gasteiger partial charge >= 0.3 is 0 Å². The van der Waals surface area contributed by atoms with E-state index >= 15 is 0 Å². The maximum absolute atomic E-state index is 12.7. The monoisotopic (exact) mass is 322 g/mol. The fourth-order valence-electron chi connectivity index (χ4n) is 3.97. The van der Waals surface area contributed by atoms with Gasteiger partial charge in [-0.05, 0) is 25.2 Å². The summed E-state index contributed by atoms with van der Waals surface area (Å²) in [5.74, 6) is 0.853. The largest absolute Gasteiger partial charge is 0.448 e. The molecule has 1 aromatic rings. The Balaban J connectivity index is 1.69. The molecule has 2 aliphatic rings. The fraction of sp³-hybridized carbons (Fsp3) is 0.765. The van der Waals surface area contributed by atoms with E-state index in [1.807, 2.05) is 13.8 Å². The second kappa shape index (κ2) is 6.61. The summed E-state index contributed by atoms with van der Waals surface area (Å²) in [4.78, 5) is 18.6. The highest BCUT2D eigenvalue weighted by Gasteiger charge is 2.46. The SMILES string of the molecule is CCc1ocnc1C(=O)N1CC[C@@](O)(C2CCOCC2)[C@H](C)C1. The number of piperidine rings is 1. The lowest BCUT2D eigenvalue weighted by atomic mass is 9.70. The van der Waals surface area contributed by atoms with Crippen LogP contribution in [0.25, 0.3) is 0 Å². The molecule has 0 aliphatic carbocycles. The summed E-state index contributed by atoms with van der Waals surface area (Å²) in [5, 5.41) is 11.2. The van der Waals surface area contributed by atoms with E-state index in [0.717, 1.165) is 26.1 Å². The van der Waals surface area contributed by atoms with Crippen LogP contribution in [0.15, 0.2) is 10.8 Å². The Hall–Kier alpha value is -1.40. The molecule has 0 bridgehead atoms. The standard InChI is InChI=1S/C17H26N2O4/c1-3-14-15(18-11-23-14)16(20)19-7-6-17(21,12(2)10-19)13-4-8-22-9-5-13/h11-13,21H,3-10H2,1-2H3/t12-,17+/m1/s1. The number of ether oxygens (including phenoxy) is 1. The molecule has 2 saturated heterocycles. The second-order valence-corrected chi connectivity index (χ2v) is 6.76. The van der Waals surface area contributed by atoms with E-state index in [1.165, 1.54) is 6.39 Å². The predicted octanol–water partition coefficient (Wildman–Crippen LogP) is 1.88. The maximum atomic E-state index is 12.7. The molecule has 6 heteroatoms. The Morgan fingerprint density at radius 3 is 2.87 bits per heavy atom. The highest BCUT2D eigenvalue weighted by molar-refractivity contribution is 5.93. The van der Waals surface area contributed by atoms with E-state index in [1.54, 1.807) is 4.90 Å². The van der Waals surface area contributed by atoms with Crippen LogP contribution in [0.1, 0.15) is 49.4 Å². The number of carbonyl (C=O) groups excluding carboxylic acids is 1. The summed E-state index contributed by atoms with van der Waals surface area (Å²) in [6, 6.07) is 0. The average molecular weight is 322 g/mol. The molecule has 0 unspecified atom stereocenters. The molecule has 128 valence electrons. The van der Waals surface area contributed by atoms with Gasteiger partial charge in [0, 0.05) is 38.6 Å². The van der Waals surface area contributed by atoms with Gasteiger partial charge in [0.05, 0.1) is 5.60 Å². The first-order chi connectivity index (χ1) is 11.1. The number of carbonyl (C=O) groups is 1. The molecule has 2 fully saturated rings. The average Bonchev–Trinajstić information content (AvgIpc) is 3.06. The van der Waals surface area contributed by atoms with Crippen LogP contribution < -0.4 is 0 Å². The van der Waals surface area contributed by atoms with E-state index in [-0.39, 0.29) is 17.7 Å². The number of nitrogens with zero attached hydrogens (tertiary/aromatic N) is 2. The molecule has 0 spiro atoms. The normalized spacial score (nSPS) is 29.7. The minimum atomic E-state index is -0.696. The van der Waals surface area contributed by atoms with Crippen molar-refractivity contribution >= 4 is 5.91 Å². The molecule has 0 aromatic carbocycles. The molecule has 1 aromatic heterocycles. The lowest BCUT2D eigenvalue weighted by Gasteiger charge is -2.48. The number of likely N-dealkylation sites (tertiary alicyclic amines) is 1. The molecule has 23 heavy (non-hydrogen) atoms. The molecule has 1 amide bonds. The second-order valence-electron chi connectivity index (χ2n) is 6.76. The van der Waals surface area contributed by atoms with Gasteiger partial charge in [0.15, 0.2) is 12.1 Å². The molecular weight excluding hydrogens is 296 g/mol. The quantitative estimate of drug-likeness (QED) is 0.919. The van der Waals surface area contributed by atoms with Crippen molar-refractivity contribution in [3.05, 3.63) is 17.8 Å². The first kappa shape index (κ1) is 16.5. The van der Waals surface area contributed by atoms with Crippen LogP contribution in [0.3, 0.4) is 0 Å². The zero-order valence-electron chi connectivity index (χ0n) is 14.0. The molecule has 0 saturated carbocycles. The number of rotatable bonds is 3. The Labute approximate surface area is 136 Å². The number of aryl methyl sites for hydroxylation is 1. The lowest BCUT2D eigenvalue weighted by Crippen LogP contribution is -2.57. The predicted molar refractivity (Wildman–Crippen MR) is 84.1 cm³/mol. The summed E-state index contributed by atoms with van der Waals surface area (Å²) < 4.78 is 10.7. The molecule has 2 atom stereocenters. The summed E-state index contributed by atoms with van der Waals surface area (Å²) in [6.45, 7) is 6.55. The molecule has 6 nitrogen and oxygen atoms in total. The highest BCUT2D eigenvalue weighted by atomic mass is 16.5. The zero-order valence-corrected chi connectivity index (χ0v) is 14.0. The summed E-state index contributed by atoms with van der Waals surface area (Å²) in [7, 11) is 0. The van der Waals surface area contributed by atoms with Gasteiger partial charge in [-0.2, -0.15) is 0 Å². The first-order valence-corrected chi connectivity index (χ1v) is 8.58. The van der Waals surface area contributed by atoms with Crippen LogP contribution in [0.4, 0.5) is 0 Å². The minimum absolute atomic E-state index is 0.0419. The summed E-state index contributed by atoms with van der Waals surface area (Å²) in [5.41, 5.74) is -0.283. The van der Waals surface area contributed by atoms with Crippen molar-refractivity contribution in [2.45, 2.75) is 45.1 Å². The van der Waals surface area contributed by atoms with E-state index < -0.39 is 5.60 Å². The topological polar surface area (TPSA) is 75.8 Å². The Kier molecular flexibility index (Phi) is 4.73. The molecule has 0 radical (unpaired) electrons. The number of oxazole rings is 1. The third kappa shape index (κ3) is 3.02. The maximum Gasteiger partial charge on any atom is 0.276 e. The third-order valence-electron chi connectivity index (χ3n) is 5.51. The number of amides is 1. The van der Waals surface area contributed by atoms with Crippen LogP contribution in [0.2, 0.25) is 0 Å². The van der Waals surface area contributed by atoms with Crippen molar-refractivity contribution in [1.82, 2.24) is 9.88 Å². The van der Waals surface area contributed by atoms with E-state index in [4.69, 9.17) is 9.15 Å². The molecule has 3 heterocycles. The van der Waals surface area contributed by atoms with E-state index in [0.29, 0.717) is 37.4 Å². The van der Waals surface area contributed by atoms with Gasteiger partial charge in [0.2, 0.25) is 0 Å². The van der Waals surface area contributed by atoms with Crippen molar-refractivity contribution in [1.29, 1.82) is 0 Å². The van der Waals surface area contributed by atoms with Gasteiger partial charge in [0.1, 0.15) is 5.76 Å². The van der Waals surface area contributed by atoms with Gasteiger partial charge in [-0.25, -0.2) is 4.98 Å². The van der Waals surface area contributed by atoms with Gasteiger partial charge in [-0.1, -0.05) is 13.8 Å². The van der Waals surface area contributed by atoms with Gasteiger partial charge in [0.25, 0.3) is 5.91 Å². The van der Waals surface area contributed by atoms with Crippen molar-refractivity contribution < 1.29 is 19.1 Å². The van der Waals surface area contributed by atoms with Crippen molar-refractivity contribution in [2.75, 3.05) is 26.3 Å². The van der Waals surface area contributed by atoms with Gasteiger partial charge in [-0.15, -0.1) is 0 Å². The summed E-state index contributed by atoms with van der Waals surface area (Å²) >= 11 is 0. The van der Waals surface area contributed by atoms with Crippen LogP contribution in [-0.2, 0) is 11.2 Å². The third-order valence-corrected chi connectivity index (χ3v) is 5.51. The Morgan fingerprint density at radius 1 is 1.48 bits per heavy atom. The Morgan fingerprint density at radius 2 is 2.22 bits per heavy atom. The van der Waals surface area contributed by atoms with Crippen LogP contribution in [0, 0.1) is 11.8 Å². The summed E-state index contributed by atoms with van der Waals surface area (Å²) in [6.07, 6.45) is 4.40. The van der Waals surface area contributed by atoms with Gasteiger partial charge in [-0.3, -0.25) is 4.79 Å².